The monoisotopic (exact) mass is 480 g/mol. The molecule has 0 saturated heterocycles. The van der Waals surface area contributed by atoms with Gasteiger partial charge in [-0.25, -0.2) is 4.98 Å². The topological polar surface area (TPSA) is 135 Å². The number of hydrogen-bond donors (Lipinski definition) is 3. The SMILES string of the molecule is Cc1nc(-c2ccc(Oc3cc4nc(-c5ccccn5)[nH]c4cc3Cn3c(O)ccc3O)cc2)no1. The van der Waals surface area contributed by atoms with Crippen LogP contribution < -0.4 is 4.74 Å². The van der Waals surface area contributed by atoms with Gasteiger partial charge in [0, 0.05) is 42.4 Å². The van der Waals surface area contributed by atoms with Gasteiger partial charge in [0.05, 0.1) is 17.6 Å². The molecule has 6 rings (SSSR count). The van der Waals surface area contributed by atoms with Crippen molar-refractivity contribution in [3.05, 3.63) is 84.4 Å². The van der Waals surface area contributed by atoms with Crippen LogP contribution in [0.15, 0.2) is 77.4 Å². The van der Waals surface area contributed by atoms with Gasteiger partial charge in [0.1, 0.15) is 17.2 Å². The predicted octanol–water partition coefficient (Wildman–Crippen LogP) is 5.04. The van der Waals surface area contributed by atoms with Crippen LogP contribution in [0.4, 0.5) is 0 Å². The zero-order valence-electron chi connectivity index (χ0n) is 19.1. The smallest absolute Gasteiger partial charge is 0.223 e. The lowest BCUT2D eigenvalue weighted by atomic mass is 10.1. The molecule has 3 N–H and O–H groups in total. The first-order valence-corrected chi connectivity index (χ1v) is 11.1. The second-order valence-electron chi connectivity index (χ2n) is 8.18. The van der Waals surface area contributed by atoms with E-state index in [0.717, 1.165) is 16.6 Å². The van der Waals surface area contributed by atoms with E-state index in [0.29, 0.717) is 40.2 Å². The van der Waals surface area contributed by atoms with E-state index in [2.05, 4.69) is 25.1 Å². The Morgan fingerprint density at radius 1 is 0.972 bits per heavy atom. The van der Waals surface area contributed by atoms with Crippen molar-refractivity contribution in [1.82, 2.24) is 29.7 Å². The van der Waals surface area contributed by atoms with Gasteiger partial charge in [-0.05, 0) is 42.5 Å². The number of aromatic nitrogens is 6. The summed E-state index contributed by atoms with van der Waals surface area (Å²) in [5, 5.41) is 24.3. The molecule has 6 aromatic rings. The number of nitrogens with zero attached hydrogens (tertiary/aromatic N) is 5. The van der Waals surface area contributed by atoms with Crippen LogP contribution in [0.1, 0.15) is 11.5 Å². The van der Waals surface area contributed by atoms with Crippen molar-refractivity contribution in [1.29, 1.82) is 0 Å². The first-order chi connectivity index (χ1) is 17.5. The molecule has 0 bridgehead atoms. The number of ether oxygens (including phenoxy) is 1. The highest BCUT2D eigenvalue weighted by Crippen LogP contribution is 2.34. The predicted molar refractivity (Wildman–Crippen MR) is 131 cm³/mol. The molecule has 0 aliphatic heterocycles. The fourth-order valence-electron chi connectivity index (χ4n) is 3.92. The number of aromatic hydroxyl groups is 2. The van der Waals surface area contributed by atoms with E-state index in [9.17, 15) is 10.2 Å². The molecule has 10 nitrogen and oxygen atoms in total. The fraction of sp³-hybridized carbons (Fsp3) is 0.0769. The third-order valence-corrected chi connectivity index (χ3v) is 5.70. The van der Waals surface area contributed by atoms with Crippen LogP contribution in [0.5, 0.6) is 23.3 Å². The van der Waals surface area contributed by atoms with Crippen molar-refractivity contribution < 1.29 is 19.5 Å². The van der Waals surface area contributed by atoms with E-state index in [1.807, 2.05) is 54.6 Å². The number of fused-ring (bicyclic) bond motifs is 1. The number of hydrogen-bond acceptors (Lipinski definition) is 8. The van der Waals surface area contributed by atoms with Gasteiger partial charge in [-0.3, -0.25) is 9.55 Å². The van der Waals surface area contributed by atoms with Crippen LogP contribution in [-0.4, -0.2) is 39.9 Å². The summed E-state index contributed by atoms with van der Waals surface area (Å²) < 4.78 is 12.7. The number of H-pyrrole nitrogens is 1. The van der Waals surface area contributed by atoms with Gasteiger partial charge in [-0.2, -0.15) is 4.98 Å². The third-order valence-electron chi connectivity index (χ3n) is 5.70. The van der Waals surface area contributed by atoms with Crippen LogP contribution in [0.25, 0.3) is 33.9 Å². The average Bonchev–Trinajstić information content (AvgIpc) is 3.60. The molecule has 36 heavy (non-hydrogen) atoms. The van der Waals surface area contributed by atoms with Crippen LogP contribution in [0.2, 0.25) is 0 Å². The standard InChI is InChI=1S/C26H20N6O4/c1-15-28-25(31-36-15)16-5-7-18(8-6-16)35-22-13-21-20(29-26(30-21)19-4-2-3-11-27-19)12-17(22)14-32-23(33)9-10-24(32)34/h2-13,33-34H,14H2,1H3,(H,29,30). The Balaban J connectivity index is 1.39. The van der Waals surface area contributed by atoms with E-state index in [1.165, 1.54) is 16.7 Å². The Kier molecular flexibility index (Phi) is 5.11. The van der Waals surface area contributed by atoms with E-state index in [1.54, 1.807) is 13.1 Å². The molecule has 0 aliphatic carbocycles. The molecule has 0 spiro atoms. The summed E-state index contributed by atoms with van der Waals surface area (Å²) in [6, 6.07) is 19.5. The lowest BCUT2D eigenvalue weighted by Crippen LogP contribution is -2.01. The van der Waals surface area contributed by atoms with Crippen molar-refractivity contribution in [3.8, 4) is 46.2 Å². The molecule has 0 saturated carbocycles. The number of benzene rings is 2. The molecule has 2 aromatic carbocycles. The maximum Gasteiger partial charge on any atom is 0.223 e. The van der Waals surface area contributed by atoms with Crippen molar-refractivity contribution in [3.63, 3.8) is 0 Å². The van der Waals surface area contributed by atoms with Gasteiger partial charge in [-0.15, -0.1) is 0 Å². The van der Waals surface area contributed by atoms with Crippen molar-refractivity contribution >= 4 is 11.0 Å². The fourth-order valence-corrected chi connectivity index (χ4v) is 3.92. The van der Waals surface area contributed by atoms with E-state index >= 15 is 0 Å². The Hall–Kier alpha value is -5.12. The molecule has 0 fully saturated rings. The Morgan fingerprint density at radius 3 is 2.47 bits per heavy atom. The van der Waals surface area contributed by atoms with Crippen LogP contribution in [0.3, 0.4) is 0 Å². The Labute approximate surface area is 204 Å². The van der Waals surface area contributed by atoms with Crippen LogP contribution in [0, 0.1) is 6.92 Å². The molecule has 0 aliphatic rings. The summed E-state index contributed by atoms with van der Waals surface area (Å²) in [4.78, 5) is 16.6. The van der Waals surface area contributed by atoms with Gasteiger partial charge in [-0.1, -0.05) is 11.2 Å². The lowest BCUT2D eigenvalue weighted by Gasteiger charge is -2.13. The highest BCUT2D eigenvalue weighted by Gasteiger charge is 2.16. The molecule has 0 radical (unpaired) electrons. The molecule has 10 heteroatoms. The summed E-state index contributed by atoms with van der Waals surface area (Å²) in [6.45, 7) is 1.91. The van der Waals surface area contributed by atoms with Crippen molar-refractivity contribution in [2.75, 3.05) is 0 Å². The molecular weight excluding hydrogens is 460 g/mol. The van der Waals surface area contributed by atoms with Crippen molar-refractivity contribution in [2.45, 2.75) is 13.5 Å². The first-order valence-electron chi connectivity index (χ1n) is 11.1. The molecule has 0 amide bonds. The van der Waals surface area contributed by atoms with Gasteiger partial charge >= 0.3 is 0 Å². The minimum absolute atomic E-state index is 0.0582. The highest BCUT2D eigenvalue weighted by molar-refractivity contribution is 5.81. The van der Waals surface area contributed by atoms with Gasteiger partial charge < -0.3 is 24.5 Å². The quantitative estimate of drug-likeness (QED) is 0.302. The number of pyridine rings is 1. The minimum Gasteiger partial charge on any atom is -0.494 e. The molecule has 4 aromatic heterocycles. The Bertz CT molecular complexity index is 1650. The van der Waals surface area contributed by atoms with Crippen LogP contribution in [-0.2, 0) is 6.54 Å². The molecule has 0 unspecified atom stereocenters. The zero-order chi connectivity index (χ0) is 24.6. The summed E-state index contributed by atoms with van der Waals surface area (Å²) in [6.07, 6.45) is 1.71. The Morgan fingerprint density at radius 2 is 1.78 bits per heavy atom. The molecule has 0 atom stereocenters. The molecule has 4 heterocycles. The van der Waals surface area contributed by atoms with Crippen molar-refractivity contribution in [2.24, 2.45) is 0 Å². The van der Waals surface area contributed by atoms with E-state index < -0.39 is 0 Å². The normalized spacial score (nSPS) is 11.2. The minimum atomic E-state index is -0.0582. The zero-order valence-corrected chi connectivity index (χ0v) is 19.1. The summed E-state index contributed by atoms with van der Waals surface area (Å²) in [5.41, 5.74) is 3.69. The van der Waals surface area contributed by atoms with Gasteiger partial charge in [0.15, 0.2) is 17.6 Å². The van der Waals surface area contributed by atoms with E-state index in [4.69, 9.17) is 9.26 Å². The summed E-state index contributed by atoms with van der Waals surface area (Å²) in [7, 11) is 0. The number of nitrogens with one attached hydrogen (secondary N) is 1. The lowest BCUT2D eigenvalue weighted by molar-refractivity contribution is 0.375. The molecule has 178 valence electrons. The second kappa shape index (κ2) is 8.58. The summed E-state index contributed by atoms with van der Waals surface area (Å²) in [5.74, 6) is 2.61. The third kappa shape index (κ3) is 4.00. The number of rotatable bonds is 6. The molecular formula is C26H20N6O4. The highest BCUT2D eigenvalue weighted by atomic mass is 16.5. The van der Waals surface area contributed by atoms with Gasteiger partial charge in [0.25, 0.3) is 0 Å². The first kappa shape index (κ1) is 21.4. The van der Waals surface area contributed by atoms with E-state index in [-0.39, 0.29) is 18.3 Å². The largest absolute Gasteiger partial charge is 0.494 e. The maximum absolute atomic E-state index is 10.2. The summed E-state index contributed by atoms with van der Waals surface area (Å²) >= 11 is 0. The number of aromatic amines is 1. The second-order valence-corrected chi connectivity index (χ2v) is 8.18. The average molecular weight is 480 g/mol. The number of imidazole rings is 1. The maximum atomic E-state index is 10.2. The van der Waals surface area contributed by atoms with Gasteiger partial charge in [0.2, 0.25) is 11.7 Å². The number of aryl methyl sites for hydroxylation is 1. The van der Waals surface area contributed by atoms with Crippen LogP contribution >= 0.6 is 0 Å².